The highest BCUT2D eigenvalue weighted by Crippen LogP contribution is 2.35. The molecule has 1 amide bonds. The number of amides is 1. The van der Waals surface area contributed by atoms with Gasteiger partial charge >= 0.3 is 0 Å². The van der Waals surface area contributed by atoms with Crippen LogP contribution in [0.15, 0.2) is 69.3 Å². The molecule has 26 heavy (non-hydrogen) atoms. The van der Waals surface area contributed by atoms with E-state index in [9.17, 15) is 4.79 Å². The van der Waals surface area contributed by atoms with Crippen LogP contribution >= 0.6 is 0 Å². The number of anilines is 3. The maximum atomic E-state index is 12.4. The molecule has 6 heteroatoms. The van der Waals surface area contributed by atoms with Crippen LogP contribution < -0.4 is 10.2 Å². The molecule has 0 radical (unpaired) electrons. The summed E-state index contributed by atoms with van der Waals surface area (Å²) in [7, 11) is 0. The quantitative estimate of drug-likeness (QED) is 0.765. The summed E-state index contributed by atoms with van der Waals surface area (Å²) >= 11 is 0. The van der Waals surface area contributed by atoms with E-state index in [-0.39, 0.29) is 5.91 Å². The van der Waals surface area contributed by atoms with E-state index in [2.05, 4.69) is 15.3 Å². The minimum atomic E-state index is 0.0775. The number of nitrogens with zero attached hydrogens (tertiary/aromatic N) is 3. The topological polar surface area (TPSA) is 70.7 Å². The van der Waals surface area contributed by atoms with Gasteiger partial charge in [0, 0.05) is 11.9 Å². The van der Waals surface area contributed by atoms with Gasteiger partial charge in [-0.2, -0.15) is 4.98 Å². The zero-order chi connectivity index (χ0) is 17.5. The molecule has 3 heterocycles. The van der Waals surface area contributed by atoms with Crippen molar-refractivity contribution in [1.29, 1.82) is 0 Å². The molecule has 1 N–H and O–H groups in total. The first-order valence-electron chi connectivity index (χ1n) is 8.58. The van der Waals surface area contributed by atoms with Gasteiger partial charge in [0.05, 0.1) is 12.1 Å². The Morgan fingerprint density at radius 2 is 1.92 bits per heavy atom. The highest BCUT2D eigenvalue weighted by Gasteiger charge is 2.31. The number of hydrogen-bond donors (Lipinski definition) is 1. The largest absolute Gasteiger partial charge is 0.423 e. The lowest BCUT2D eigenvalue weighted by Crippen LogP contribution is -2.24. The van der Waals surface area contributed by atoms with E-state index >= 15 is 0 Å². The summed E-state index contributed by atoms with van der Waals surface area (Å²) in [5.41, 5.74) is 4.34. The Kier molecular flexibility index (Phi) is 3.35. The van der Waals surface area contributed by atoms with Gasteiger partial charge in [0.1, 0.15) is 11.3 Å². The lowest BCUT2D eigenvalue weighted by atomic mass is 10.1. The molecule has 3 aromatic rings. The number of carbonyl (C=O) groups is 1. The highest BCUT2D eigenvalue weighted by molar-refractivity contribution is 6.02. The Balaban J connectivity index is 1.39. The zero-order valence-electron chi connectivity index (χ0n) is 14.0. The molecule has 2 aliphatic rings. The normalized spacial score (nSPS) is 16.5. The number of aliphatic imine (C=N–C) groups is 1. The molecule has 0 saturated heterocycles. The first-order chi connectivity index (χ1) is 12.8. The Labute approximate surface area is 149 Å². The van der Waals surface area contributed by atoms with Crippen molar-refractivity contribution in [3.05, 3.63) is 59.9 Å². The van der Waals surface area contributed by atoms with Crippen molar-refractivity contribution in [3.8, 4) is 0 Å². The number of carbonyl (C=O) groups excluding carboxylic acids is 1. The van der Waals surface area contributed by atoms with Crippen molar-refractivity contribution >= 4 is 40.6 Å². The summed E-state index contributed by atoms with van der Waals surface area (Å²) in [5, 5.41) is 3.16. The second kappa shape index (κ2) is 5.84. The second-order valence-corrected chi connectivity index (χ2v) is 6.34. The van der Waals surface area contributed by atoms with Gasteiger partial charge in [-0.25, -0.2) is 4.99 Å². The summed E-state index contributed by atoms with van der Waals surface area (Å²) < 4.78 is 5.68. The van der Waals surface area contributed by atoms with E-state index < -0.39 is 0 Å². The van der Waals surface area contributed by atoms with Crippen LogP contribution in [0.2, 0.25) is 0 Å². The Morgan fingerprint density at radius 3 is 2.77 bits per heavy atom. The van der Waals surface area contributed by atoms with Crippen molar-refractivity contribution in [2.75, 3.05) is 10.2 Å². The maximum Gasteiger partial charge on any atom is 0.300 e. The fraction of sp³-hybridized carbons (Fsp3) is 0.150. The van der Waals surface area contributed by atoms with Crippen LogP contribution in [-0.2, 0) is 4.79 Å². The second-order valence-electron chi connectivity index (χ2n) is 6.34. The van der Waals surface area contributed by atoms with Crippen LogP contribution in [-0.4, -0.2) is 17.1 Å². The molecule has 128 valence electrons. The van der Waals surface area contributed by atoms with Gasteiger partial charge in [-0.15, -0.1) is 0 Å². The van der Waals surface area contributed by atoms with Crippen molar-refractivity contribution in [3.63, 3.8) is 0 Å². The predicted molar refractivity (Wildman–Crippen MR) is 101 cm³/mol. The summed E-state index contributed by atoms with van der Waals surface area (Å²) in [5.74, 6) is 0.870. The number of oxazole rings is 1. The molecule has 1 aromatic heterocycles. The molecule has 6 nitrogen and oxygen atoms in total. The van der Waals surface area contributed by atoms with Crippen LogP contribution in [0, 0.1) is 0 Å². The Bertz CT molecular complexity index is 1030. The van der Waals surface area contributed by atoms with Gasteiger partial charge in [-0.3, -0.25) is 9.69 Å². The van der Waals surface area contributed by atoms with E-state index in [4.69, 9.17) is 4.42 Å². The minimum absolute atomic E-state index is 0.0775. The monoisotopic (exact) mass is 344 g/mol. The lowest BCUT2D eigenvalue weighted by molar-refractivity contribution is -0.116. The zero-order valence-corrected chi connectivity index (χ0v) is 14.0. The van der Waals surface area contributed by atoms with Crippen LogP contribution in [0.4, 0.5) is 17.4 Å². The summed E-state index contributed by atoms with van der Waals surface area (Å²) in [6.07, 6.45) is 4.18. The fourth-order valence-corrected chi connectivity index (χ4v) is 3.37. The van der Waals surface area contributed by atoms with E-state index in [0.29, 0.717) is 12.4 Å². The number of benzene rings is 2. The first kappa shape index (κ1) is 14.9. The number of aromatic nitrogens is 1. The summed E-state index contributed by atoms with van der Waals surface area (Å²) in [6, 6.07) is 15.7. The number of nitrogens with one attached hydrogen (secondary N) is 1. The first-order valence-corrected chi connectivity index (χ1v) is 8.58. The molecule has 5 rings (SSSR count). The maximum absolute atomic E-state index is 12.4. The molecule has 0 bridgehead atoms. The van der Waals surface area contributed by atoms with Crippen molar-refractivity contribution in [2.45, 2.75) is 19.3 Å². The third kappa shape index (κ3) is 2.47. The van der Waals surface area contributed by atoms with Gasteiger partial charge in [-0.05, 0) is 54.8 Å². The van der Waals surface area contributed by atoms with Gasteiger partial charge in [0.15, 0.2) is 5.58 Å². The molecular formula is C20H16N4O2. The molecule has 0 saturated carbocycles. The van der Waals surface area contributed by atoms with E-state index in [1.54, 1.807) is 4.90 Å². The number of fused-ring (bicyclic) bond motifs is 1. The minimum Gasteiger partial charge on any atom is -0.423 e. The van der Waals surface area contributed by atoms with Crippen LogP contribution in [0.3, 0.4) is 0 Å². The van der Waals surface area contributed by atoms with Crippen molar-refractivity contribution in [2.24, 2.45) is 4.99 Å². The molecule has 0 spiro atoms. The third-order valence-electron chi connectivity index (χ3n) is 4.60. The predicted octanol–water partition coefficient (Wildman–Crippen LogP) is 4.38. The summed E-state index contributed by atoms with van der Waals surface area (Å²) in [6.45, 7) is 0. The molecule has 2 aliphatic heterocycles. The third-order valence-corrected chi connectivity index (χ3v) is 4.60. The smallest absolute Gasteiger partial charge is 0.300 e. The molecule has 0 aliphatic carbocycles. The average Bonchev–Trinajstić information content (AvgIpc) is 3.21. The number of para-hydroxylation sites is 2. The highest BCUT2D eigenvalue weighted by atomic mass is 16.4. The standard InChI is InChI=1S/C20H16N4O2/c25-18-12-13-4-3-11-21-19(13)24(18)15-9-7-14(8-10-15)22-20-23-16-5-1-2-6-17(16)26-20/h1-2,5-11H,3-4,12H2,(H,22,23). The van der Waals surface area contributed by atoms with E-state index in [0.717, 1.165) is 46.7 Å². The van der Waals surface area contributed by atoms with Gasteiger partial charge in [0.25, 0.3) is 6.01 Å². The lowest BCUT2D eigenvalue weighted by Gasteiger charge is -2.19. The molecular weight excluding hydrogens is 328 g/mol. The average molecular weight is 344 g/mol. The molecule has 0 atom stereocenters. The van der Waals surface area contributed by atoms with Gasteiger partial charge in [-0.1, -0.05) is 12.1 Å². The van der Waals surface area contributed by atoms with Gasteiger partial charge in [0.2, 0.25) is 5.91 Å². The van der Waals surface area contributed by atoms with Gasteiger partial charge < -0.3 is 9.73 Å². The Hall–Kier alpha value is -3.41. The fourth-order valence-electron chi connectivity index (χ4n) is 3.37. The molecule has 2 aromatic carbocycles. The van der Waals surface area contributed by atoms with Crippen molar-refractivity contribution in [1.82, 2.24) is 4.98 Å². The number of rotatable bonds is 3. The van der Waals surface area contributed by atoms with Crippen LogP contribution in [0.25, 0.3) is 11.1 Å². The molecule has 0 unspecified atom stereocenters. The van der Waals surface area contributed by atoms with Crippen LogP contribution in [0.1, 0.15) is 19.3 Å². The van der Waals surface area contributed by atoms with Crippen LogP contribution in [0.5, 0.6) is 0 Å². The summed E-state index contributed by atoms with van der Waals surface area (Å²) in [4.78, 5) is 22.9. The molecule has 0 fully saturated rings. The van der Waals surface area contributed by atoms with Crippen molar-refractivity contribution < 1.29 is 9.21 Å². The SMILES string of the molecule is O=C1CC2=C(N=CCC2)N1c1ccc(Nc2nc3ccccc3o2)cc1. The Morgan fingerprint density at radius 1 is 1.08 bits per heavy atom. The number of hydrogen-bond acceptors (Lipinski definition) is 5. The van der Waals surface area contributed by atoms with E-state index in [1.807, 2.05) is 54.7 Å². The van der Waals surface area contributed by atoms with E-state index in [1.165, 1.54) is 0 Å².